The Hall–Kier alpha value is -2.05. The van der Waals surface area contributed by atoms with Gasteiger partial charge in [0.1, 0.15) is 0 Å². The van der Waals surface area contributed by atoms with Crippen LogP contribution in [0.1, 0.15) is 43.6 Å². The van der Waals surface area contributed by atoms with Crippen LogP contribution < -0.4 is 10.1 Å². The molecular weight excluding hydrogens is 284 g/mol. The first-order valence-corrected chi connectivity index (χ1v) is 7.76. The second kappa shape index (κ2) is 7.29. The molecule has 0 radical (unpaired) electrons. The van der Waals surface area contributed by atoms with E-state index in [1.807, 2.05) is 13.8 Å². The molecule has 122 valence electrons. The lowest BCUT2D eigenvalue weighted by Gasteiger charge is -2.15. The summed E-state index contributed by atoms with van der Waals surface area (Å²) in [5.41, 5.74) is 0.298. The molecule has 0 aromatic carbocycles. The maximum atomic E-state index is 12.0. The Balaban J connectivity index is 1.91. The molecule has 1 fully saturated rings. The largest absolute Gasteiger partial charge is 0.468 e. The van der Waals surface area contributed by atoms with Crippen molar-refractivity contribution in [1.29, 1.82) is 0 Å². The third-order valence-corrected chi connectivity index (χ3v) is 3.86. The highest BCUT2D eigenvalue weighted by Crippen LogP contribution is 2.13. The summed E-state index contributed by atoms with van der Waals surface area (Å²) in [4.78, 5) is 25.8. The maximum absolute atomic E-state index is 12.0. The van der Waals surface area contributed by atoms with Gasteiger partial charge in [-0.05, 0) is 26.2 Å². The van der Waals surface area contributed by atoms with Crippen molar-refractivity contribution in [3.05, 3.63) is 11.8 Å². The smallest absolute Gasteiger partial charge is 0.272 e. The molecule has 2 heterocycles. The van der Waals surface area contributed by atoms with Gasteiger partial charge in [-0.15, -0.1) is 0 Å². The quantitative estimate of drug-likeness (QED) is 0.849. The number of likely N-dealkylation sites (tertiary alicyclic amines) is 1. The average Bonchev–Trinajstić information content (AvgIpc) is 3.14. The highest BCUT2D eigenvalue weighted by atomic mass is 16.5. The van der Waals surface area contributed by atoms with Crippen LogP contribution >= 0.6 is 0 Å². The molecule has 0 aliphatic carbocycles. The van der Waals surface area contributed by atoms with Crippen molar-refractivity contribution in [3.8, 4) is 5.88 Å². The monoisotopic (exact) mass is 308 g/mol. The van der Waals surface area contributed by atoms with Crippen molar-refractivity contribution in [2.24, 2.45) is 7.05 Å². The first-order valence-electron chi connectivity index (χ1n) is 7.76. The van der Waals surface area contributed by atoms with Crippen LogP contribution in [0.3, 0.4) is 0 Å². The number of ether oxygens (including phenoxy) is 1. The summed E-state index contributed by atoms with van der Waals surface area (Å²) >= 11 is 0. The van der Waals surface area contributed by atoms with E-state index in [1.165, 1.54) is 4.68 Å². The highest BCUT2D eigenvalue weighted by molar-refractivity contribution is 5.92. The molecule has 1 aliphatic heterocycles. The van der Waals surface area contributed by atoms with Crippen LogP contribution in [0.15, 0.2) is 6.07 Å². The lowest BCUT2D eigenvalue weighted by Crippen LogP contribution is -2.32. The van der Waals surface area contributed by atoms with E-state index in [9.17, 15) is 9.59 Å². The minimum atomic E-state index is -0.231. The molecule has 2 amide bonds. The van der Waals surface area contributed by atoms with Crippen LogP contribution in [-0.2, 0) is 11.8 Å². The lowest BCUT2D eigenvalue weighted by molar-refractivity contribution is -0.132. The van der Waals surface area contributed by atoms with Gasteiger partial charge in [-0.2, -0.15) is 5.10 Å². The Kier molecular flexibility index (Phi) is 5.41. The zero-order valence-electron chi connectivity index (χ0n) is 13.5. The number of rotatable bonds is 6. The topological polar surface area (TPSA) is 76.5 Å². The van der Waals surface area contributed by atoms with Crippen molar-refractivity contribution >= 4 is 11.8 Å². The Morgan fingerprint density at radius 2 is 2.09 bits per heavy atom. The Morgan fingerprint density at radius 1 is 1.41 bits per heavy atom. The number of carbonyl (C=O) groups excluding carboxylic acids is 2. The highest BCUT2D eigenvalue weighted by Gasteiger charge is 2.20. The predicted molar refractivity (Wildman–Crippen MR) is 81.7 cm³/mol. The molecule has 1 saturated heterocycles. The van der Waals surface area contributed by atoms with Crippen LogP contribution in [0.5, 0.6) is 5.88 Å². The summed E-state index contributed by atoms with van der Waals surface area (Å²) in [7, 11) is 1.69. The number of hydrogen-bond acceptors (Lipinski definition) is 4. The van der Waals surface area contributed by atoms with E-state index in [-0.39, 0.29) is 24.5 Å². The van der Waals surface area contributed by atoms with E-state index < -0.39 is 0 Å². The zero-order chi connectivity index (χ0) is 16.1. The summed E-state index contributed by atoms with van der Waals surface area (Å²) in [5, 5.41) is 6.98. The molecule has 7 heteroatoms. The molecule has 1 aromatic heterocycles. The molecule has 0 unspecified atom stereocenters. The second-order valence-corrected chi connectivity index (χ2v) is 5.65. The zero-order valence-corrected chi connectivity index (χ0v) is 13.5. The van der Waals surface area contributed by atoms with Crippen molar-refractivity contribution in [2.45, 2.75) is 39.2 Å². The minimum Gasteiger partial charge on any atom is -0.468 e. The van der Waals surface area contributed by atoms with Gasteiger partial charge >= 0.3 is 0 Å². The van der Waals surface area contributed by atoms with Crippen molar-refractivity contribution in [2.75, 3.05) is 19.7 Å². The van der Waals surface area contributed by atoms with Gasteiger partial charge in [0.05, 0.1) is 0 Å². The van der Waals surface area contributed by atoms with Crippen LogP contribution in [0, 0.1) is 0 Å². The van der Waals surface area contributed by atoms with Gasteiger partial charge in [0, 0.05) is 32.2 Å². The van der Waals surface area contributed by atoms with E-state index in [4.69, 9.17) is 4.74 Å². The lowest BCUT2D eigenvalue weighted by atomic mass is 10.2. The molecular formula is C15H24N4O3. The summed E-state index contributed by atoms with van der Waals surface area (Å²) < 4.78 is 6.98. The molecule has 1 atom stereocenters. The van der Waals surface area contributed by atoms with Gasteiger partial charge in [-0.1, -0.05) is 6.92 Å². The van der Waals surface area contributed by atoms with Crippen LogP contribution in [-0.4, -0.2) is 52.2 Å². The summed E-state index contributed by atoms with van der Waals surface area (Å²) in [5.74, 6) is 0.164. The van der Waals surface area contributed by atoms with Gasteiger partial charge in [0.15, 0.2) is 12.3 Å². The van der Waals surface area contributed by atoms with E-state index in [1.54, 1.807) is 18.0 Å². The number of carbonyl (C=O) groups is 2. The molecule has 1 aliphatic rings. The maximum Gasteiger partial charge on any atom is 0.272 e. The van der Waals surface area contributed by atoms with Crippen LogP contribution in [0.2, 0.25) is 0 Å². The predicted octanol–water partition coefficient (Wildman–Crippen LogP) is 0.950. The number of aryl methyl sites for hydroxylation is 1. The van der Waals surface area contributed by atoms with Gasteiger partial charge in [-0.3, -0.25) is 9.59 Å². The third-order valence-electron chi connectivity index (χ3n) is 3.86. The van der Waals surface area contributed by atoms with Crippen LogP contribution in [0.25, 0.3) is 0 Å². The molecule has 0 bridgehead atoms. The molecule has 0 spiro atoms. The normalized spacial score (nSPS) is 15.7. The Morgan fingerprint density at radius 3 is 2.73 bits per heavy atom. The van der Waals surface area contributed by atoms with Crippen molar-refractivity contribution < 1.29 is 14.3 Å². The molecule has 1 N–H and O–H groups in total. The van der Waals surface area contributed by atoms with Gasteiger partial charge in [0.25, 0.3) is 11.8 Å². The SMILES string of the molecule is CC[C@H](C)NC(=O)c1cc(OCC(=O)N2CCCC2)n(C)n1. The van der Waals surface area contributed by atoms with Gasteiger partial charge in [0.2, 0.25) is 5.88 Å². The number of hydrogen-bond donors (Lipinski definition) is 1. The number of nitrogens with zero attached hydrogens (tertiary/aromatic N) is 3. The number of nitrogens with one attached hydrogen (secondary N) is 1. The fourth-order valence-corrected chi connectivity index (χ4v) is 2.29. The summed E-state index contributed by atoms with van der Waals surface area (Å²) in [6.07, 6.45) is 2.96. The summed E-state index contributed by atoms with van der Waals surface area (Å²) in [6, 6.07) is 1.66. The number of aromatic nitrogens is 2. The molecule has 2 rings (SSSR count). The fraction of sp³-hybridized carbons (Fsp3) is 0.667. The minimum absolute atomic E-state index is 0.0219. The average molecular weight is 308 g/mol. The Labute approximate surface area is 130 Å². The first-order chi connectivity index (χ1) is 10.5. The van der Waals surface area contributed by atoms with E-state index in [0.717, 1.165) is 32.4 Å². The molecule has 22 heavy (non-hydrogen) atoms. The van der Waals surface area contributed by atoms with E-state index >= 15 is 0 Å². The van der Waals surface area contributed by atoms with Crippen molar-refractivity contribution in [3.63, 3.8) is 0 Å². The summed E-state index contributed by atoms with van der Waals surface area (Å²) in [6.45, 7) is 5.52. The standard InChI is InChI=1S/C15H24N4O3/c1-4-11(2)16-15(21)12-9-14(18(3)17-12)22-10-13(20)19-7-5-6-8-19/h9,11H,4-8,10H2,1-3H3,(H,16,21)/t11-/m0/s1. The first kappa shape index (κ1) is 16.3. The Bertz CT molecular complexity index is 535. The third kappa shape index (κ3) is 3.99. The van der Waals surface area contributed by atoms with Crippen LogP contribution in [0.4, 0.5) is 0 Å². The van der Waals surface area contributed by atoms with Crippen molar-refractivity contribution in [1.82, 2.24) is 20.0 Å². The fourth-order valence-electron chi connectivity index (χ4n) is 2.29. The molecule has 7 nitrogen and oxygen atoms in total. The molecule has 1 aromatic rings. The molecule has 0 saturated carbocycles. The van der Waals surface area contributed by atoms with E-state index in [2.05, 4.69) is 10.4 Å². The van der Waals surface area contributed by atoms with Gasteiger partial charge in [-0.25, -0.2) is 4.68 Å². The van der Waals surface area contributed by atoms with Gasteiger partial charge < -0.3 is 15.0 Å². The number of amides is 2. The van der Waals surface area contributed by atoms with E-state index in [0.29, 0.717) is 11.6 Å². The second-order valence-electron chi connectivity index (χ2n) is 5.65.